The van der Waals surface area contributed by atoms with Gasteiger partial charge in [-0.15, -0.1) is 11.3 Å². The molecule has 0 saturated carbocycles. The summed E-state index contributed by atoms with van der Waals surface area (Å²) >= 11 is 1.88. The summed E-state index contributed by atoms with van der Waals surface area (Å²) in [6.45, 7) is 0. The van der Waals surface area contributed by atoms with Gasteiger partial charge in [0, 0.05) is 21.2 Å². The van der Waals surface area contributed by atoms with Crippen molar-refractivity contribution in [3.8, 4) is 22.3 Å². The van der Waals surface area contributed by atoms with E-state index in [1.54, 1.807) is 0 Å². The summed E-state index contributed by atoms with van der Waals surface area (Å²) in [6, 6.07) is 47.7. The highest BCUT2D eigenvalue weighted by molar-refractivity contribution is 7.27. The second kappa shape index (κ2) is 8.67. The van der Waals surface area contributed by atoms with Crippen molar-refractivity contribution in [2.75, 3.05) is 5.32 Å². The first-order chi connectivity index (χ1) is 17.8. The summed E-state index contributed by atoms with van der Waals surface area (Å²) in [5.74, 6) is 0. The average Bonchev–Trinajstić information content (AvgIpc) is 3.34. The van der Waals surface area contributed by atoms with E-state index in [1.165, 1.54) is 53.2 Å². The number of rotatable bonds is 4. The van der Waals surface area contributed by atoms with Gasteiger partial charge in [-0.2, -0.15) is 0 Å². The van der Waals surface area contributed by atoms with Crippen molar-refractivity contribution in [3.63, 3.8) is 0 Å². The van der Waals surface area contributed by atoms with Crippen molar-refractivity contribution in [1.82, 2.24) is 0 Å². The Kier molecular flexibility index (Phi) is 5.04. The van der Waals surface area contributed by atoms with E-state index in [-0.39, 0.29) is 0 Å². The van der Waals surface area contributed by atoms with Crippen molar-refractivity contribution >= 4 is 53.7 Å². The van der Waals surface area contributed by atoms with Crippen molar-refractivity contribution in [2.45, 2.75) is 0 Å². The van der Waals surface area contributed by atoms with Gasteiger partial charge < -0.3 is 5.32 Å². The molecular weight excluding hydrogens is 454 g/mol. The van der Waals surface area contributed by atoms with Gasteiger partial charge in [0.1, 0.15) is 0 Å². The van der Waals surface area contributed by atoms with E-state index in [4.69, 9.17) is 0 Å². The van der Waals surface area contributed by atoms with Crippen LogP contribution in [0.3, 0.4) is 0 Å². The molecule has 0 saturated heterocycles. The van der Waals surface area contributed by atoms with E-state index in [0.717, 1.165) is 11.4 Å². The molecule has 170 valence electrons. The Balaban J connectivity index is 1.37. The molecule has 0 aliphatic rings. The van der Waals surface area contributed by atoms with Crippen molar-refractivity contribution in [1.29, 1.82) is 0 Å². The molecule has 0 amide bonds. The minimum Gasteiger partial charge on any atom is -0.354 e. The zero-order chi connectivity index (χ0) is 23.9. The van der Waals surface area contributed by atoms with Crippen LogP contribution in [0.5, 0.6) is 0 Å². The van der Waals surface area contributed by atoms with Crippen LogP contribution < -0.4 is 5.32 Å². The van der Waals surface area contributed by atoms with Gasteiger partial charge in [0.25, 0.3) is 0 Å². The molecule has 0 spiro atoms. The SMILES string of the molecule is c1ccc(-c2ccc(Nc3cccc4c3sc3c5ccccc5ccc43)cc2-c2ccccc2)cc1. The first-order valence-electron chi connectivity index (χ1n) is 12.2. The van der Waals surface area contributed by atoms with Gasteiger partial charge in [-0.25, -0.2) is 0 Å². The molecule has 1 N–H and O–H groups in total. The predicted molar refractivity (Wildman–Crippen MR) is 157 cm³/mol. The van der Waals surface area contributed by atoms with Crippen molar-refractivity contribution < 1.29 is 0 Å². The third kappa shape index (κ3) is 3.55. The van der Waals surface area contributed by atoms with E-state index in [1.807, 2.05) is 11.3 Å². The second-order valence-electron chi connectivity index (χ2n) is 9.07. The van der Waals surface area contributed by atoms with Gasteiger partial charge in [-0.1, -0.05) is 115 Å². The van der Waals surface area contributed by atoms with Gasteiger partial charge in [0.15, 0.2) is 0 Å². The lowest BCUT2D eigenvalue weighted by Crippen LogP contribution is -1.93. The summed E-state index contributed by atoms with van der Waals surface area (Å²) in [5.41, 5.74) is 7.13. The molecule has 1 aromatic heterocycles. The molecule has 0 aliphatic carbocycles. The standard InChI is InChI=1S/C34H23NS/c1-3-10-23(11-4-1)27-21-19-26(22-31(27)24-12-5-2-6-13-24)35-32-17-9-16-29-30-20-18-25-14-7-8-15-28(25)33(30)36-34(29)32/h1-22,35H. The molecule has 0 radical (unpaired) electrons. The lowest BCUT2D eigenvalue weighted by atomic mass is 9.94. The van der Waals surface area contributed by atoms with Crippen LogP contribution in [-0.2, 0) is 0 Å². The Morgan fingerprint density at radius 1 is 0.444 bits per heavy atom. The molecule has 0 atom stereocenters. The number of hydrogen-bond donors (Lipinski definition) is 1. The molecule has 0 bridgehead atoms. The van der Waals surface area contributed by atoms with Crippen LogP contribution in [0.1, 0.15) is 0 Å². The number of benzene rings is 6. The summed E-state index contributed by atoms with van der Waals surface area (Å²) in [5, 5.41) is 8.98. The molecule has 1 heterocycles. The number of nitrogens with one attached hydrogen (secondary N) is 1. The van der Waals surface area contributed by atoms with Crippen LogP contribution in [0, 0.1) is 0 Å². The van der Waals surface area contributed by atoms with Crippen LogP contribution in [0.15, 0.2) is 133 Å². The largest absolute Gasteiger partial charge is 0.354 e. The zero-order valence-corrected chi connectivity index (χ0v) is 20.4. The van der Waals surface area contributed by atoms with Crippen molar-refractivity contribution in [2.24, 2.45) is 0 Å². The normalized spacial score (nSPS) is 11.3. The third-order valence-corrected chi connectivity index (χ3v) is 8.14. The maximum absolute atomic E-state index is 3.76. The lowest BCUT2D eigenvalue weighted by molar-refractivity contribution is 1.55. The van der Waals surface area contributed by atoms with Gasteiger partial charge in [0.05, 0.1) is 10.4 Å². The second-order valence-corrected chi connectivity index (χ2v) is 10.1. The lowest BCUT2D eigenvalue weighted by Gasteiger charge is -2.14. The van der Waals surface area contributed by atoms with Gasteiger partial charge >= 0.3 is 0 Å². The zero-order valence-electron chi connectivity index (χ0n) is 19.6. The van der Waals surface area contributed by atoms with Crippen LogP contribution >= 0.6 is 11.3 Å². The van der Waals surface area contributed by atoms with E-state index < -0.39 is 0 Å². The Morgan fingerprint density at radius 2 is 1.11 bits per heavy atom. The molecule has 6 aromatic carbocycles. The molecule has 0 fully saturated rings. The van der Waals surface area contributed by atoms with Gasteiger partial charge in [-0.05, 0) is 51.2 Å². The highest BCUT2D eigenvalue weighted by Crippen LogP contribution is 2.43. The molecule has 0 aliphatic heterocycles. The Bertz CT molecular complexity index is 1850. The van der Waals surface area contributed by atoms with Crippen LogP contribution in [0.4, 0.5) is 11.4 Å². The molecule has 36 heavy (non-hydrogen) atoms. The maximum Gasteiger partial charge on any atom is 0.0590 e. The smallest absolute Gasteiger partial charge is 0.0590 e. The Morgan fingerprint density at radius 3 is 1.92 bits per heavy atom. The van der Waals surface area contributed by atoms with E-state index >= 15 is 0 Å². The quantitative estimate of drug-likeness (QED) is 0.266. The van der Waals surface area contributed by atoms with Gasteiger partial charge in [0.2, 0.25) is 0 Å². The Labute approximate surface area is 214 Å². The van der Waals surface area contributed by atoms with Crippen LogP contribution in [-0.4, -0.2) is 0 Å². The first-order valence-corrected chi connectivity index (χ1v) is 13.0. The van der Waals surface area contributed by atoms with E-state index in [0.29, 0.717) is 0 Å². The number of fused-ring (bicyclic) bond motifs is 5. The van der Waals surface area contributed by atoms with Crippen molar-refractivity contribution in [3.05, 3.63) is 133 Å². The molecule has 7 aromatic rings. The number of hydrogen-bond acceptors (Lipinski definition) is 2. The molecule has 2 heteroatoms. The fourth-order valence-corrected chi connectivity index (χ4v) is 6.43. The minimum absolute atomic E-state index is 1.09. The minimum atomic E-state index is 1.09. The summed E-state index contributed by atoms with van der Waals surface area (Å²) in [6.07, 6.45) is 0. The highest BCUT2D eigenvalue weighted by atomic mass is 32.1. The van der Waals surface area contributed by atoms with Crippen LogP contribution in [0.2, 0.25) is 0 Å². The monoisotopic (exact) mass is 477 g/mol. The number of anilines is 2. The van der Waals surface area contributed by atoms with Crippen LogP contribution in [0.25, 0.3) is 53.2 Å². The predicted octanol–water partition coefficient (Wildman–Crippen LogP) is 10.3. The molecule has 0 unspecified atom stereocenters. The van der Waals surface area contributed by atoms with E-state index in [9.17, 15) is 0 Å². The first kappa shape index (κ1) is 20.9. The molecule has 7 rings (SSSR count). The third-order valence-electron chi connectivity index (χ3n) is 6.86. The fourth-order valence-electron chi connectivity index (χ4n) is 5.13. The highest BCUT2D eigenvalue weighted by Gasteiger charge is 2.13. The average molecular weight is 478 g/mol. The maximum atomic E-state index is 3.76. The molecule has 1 nitrogen and oxygen atoms in total. The number of thiophene rings is 1. The Hall–Kier alpha value is -4.40. The molecular formula is C34H23NS. The summed E-state index contributed by atoms with van der Waals surface area (Å²) in [7, 11) is 0. The van der Waals surface area contributed by atoms with Gasteiger partial charge in [-0.3, -0.25) is 0 Å². The summed E-state index contributed by atoms with van der Waals surface area (Å²) < 4.78 is 2.64. The fraction of sp³-hybridized carbons (Fsp3) is 0. The topological polar surface area (TPSA) is 12.0 Å². The summed E-state index contributed by atoms with van der Waals surface area (Å²) in [4.78, 5) is 0. The van der Waals surface area contributed by atoms with E-state index in [2.05, 4.69) is 139 Å².